The van der Waals surface area contributed by atoms with Crippen molar-refractivity contribution in [3.8, 4) is 5.75 Å². The number of carboxylic acid groups (broad SMARTS) is 1. The Morgan fingerprint density at radius 2 is 2.00 bits per heavy atom. The summed E-state index contributed by atoms with van der Waals surface area (Å²) in [4.78, 5) is 24.2. The van der Waals surface area contributed by atoms with Gasteiger partial charge in [0.05, 0.1) is 13.0 Å². The Morgan fingerprint density at radius 3 is 2.62 bits per heavy atom. The molecule has 0 heterocycles. The second-order valence-electron chi connectivity index (χ2n) is 4.96. The minimum Gasteiger partial charge on any atom is -0.492 e. The van der Waals surface area contributed by atoms with Gasteiger partial charge in [-0.05, 0) is 25.0 Å². The van der Waals surface area contributed by atoms with Crippen LogP contribution in [0.3, 0.4) is 0 Å². The highest BCUT2D eigenvalue weighted by Gasteiger charge is 2.32. The lowest BCUT2D eigenvalue weighted by Gasteiger charge is -2.22. The number of carboxylic acids is 1. The predicted octanol–water partition coefficient (Wildman–Crippen LogP) is 1.71. The maximum atomic E-state index is 12.0. The Bertz CT molecular complexity index is 474. The molecule has 1 aromatic carbocycles. The second kappa shape index (κ2) is 7.52. The molecular formula is C15H20N2O4. The first-order chi connectivity index (χ1) is 10.2. The van der Waals surface area contributed by atoms with Crippen molar-refractivity contribution < 1.29 is 19.4 Å². The van der Waals surface area contributed by atoms with E-state index >= 15 is 0 Å². The third kappa shape index (κ3) is 5.33. The molecule has 1 fully saturated rings. The first-order valence-corrected chi connectivity index (χ1v) is 7.11. The molecule has 1 aromatic rings. The summed E-state index contributed by atoms with van der Waals surface area (Å²) >= 11 is 0. The Labute approximate surface area is 123 Å². The summed E-state index contributed by atoms with van der Waals surface area (Å²) in [6.07, 6.45) is 1.88. The monoisotopic (exact) mass is 292 g/mol. The molecule has 0 saturated heterocycles. The van der Waals surface area contributed by atoms with Gasteiger partial charge in [0.25, 0.3) is 0 Å². The van der Waals surface area contributed by atoms with Crippen molar-refractivity contribution in [2.75, 3.05) is 19.7 Å². The number of ether oxygens (including phenoxy) is 1. The highest BCUT2D eigenvalue weighted by Crippen LogP contribution is 2.26. The van der Waals surface area contributed by atoms with Crippen LogP contribution in [0.4, 0.5) is 4.79 Å². The van der Waals surface area contributed by atoms with Gasteiger partial charge < -0.3 is 20.1 Å². The van der Waals surface area contributed by atoms with Crippen molar-refractivity contribution in [1.82, 2.24) is 10.2 Å². The minimum absolute atomic E-state index is 0.0234. The van der Waals surface area contributed by atoms with Crippen LogP contribution in [0.15, 0.2) is 30.3 Å². The average Bonchev–Trinajstić information content (AvgIpc) is 3.29. The molecule has 2 N–H and O–H groups in total. The van der Waals surface area contributed by atoms with Gasteiger partial charge in [0.2, 0.25) is 0 Å². The third-order valence-electron chi connectivity index (χ3n) is 3.21. The van der Waals surface area contributed by atoms with Gasteiger partial charge >= 0.3 is 12.0 Å². The Hall–Kier alpha value is -2.24. The fraction of sp³-hybridized carbons (Fsp3) is 0.467. The van der Waals surface area contributed by atoms with Crippen LogP contribution in [0, 0.1) is 0 Å². The minimum atomic E-state index is -0.888. The fourth-order valence-electron chi connectivity index (χ4n) is 2.00. The van der Waals surface area contributed by atoms with E-state index in [-0.39, 0.29) is 25.0 Å². The van der Waals surface area contributed by atoms with E-state index < -0.39 is 5.97 Å². The van der Waals surface area contributed by atoms with Gasteiger partial charge in [-0.25, -0.2) is 4.79 Å². The summed E-state index contributed by atoms with van der Waals surface area (Å²) in [6, 6.07) is 9.36. The summed E-state index contributed by atoms with van der Waals surface area (Å²) in [7, 11) is 0. The van der Waals surface area contributed by atoms with Gasteiger partial charge in [-0.1, -0.05) is 18.2 Å². The molecule has 0 aromatic heterocycles. The van der Waals surface area contributed by atoms with Crippen molar-refractivity contribution in [1.29, 1.82) is 0 Å². The summed E-state index contributed by atoms with van der Waals surface area (Å²) in [5.74, 6) is -0.127. The number of aliphatic carboxylic acids is 1. The predicted molar refractivity (Wildman–Crippen MR) is 77.3 cm³/mol. The fourth-order valence-corrected chi connectivity index (χ4v) is 2.00. The zero-order valence-electron chi connectivity index (χ0n) is 11.8. The van der Waals surface area contributed by atoms with Gasteiger partial charge in [0, 0.05) is 12.6 Å². The molecule has 1 aliphatic carbocycles. The summed E-state index contributed by atoms with van der Waals surface area (Å²) < 4.78 is 5.48. The van der Waals surface area contributed by atoms with Crippen LogP contribution in [0.1, 0.15) is 19.3 Å². The number of urea groups is 1. The SMILES string of the molecule is O=C(O)CCN(C(=O)NCCOc1ccccc1)C1CC1. The average molecular weight is 292 g/mol. The lowest BCUT2D eigenvalue weighted by molar-refractivity contribution is -0.137. The van der Waals surface area contributed by atoms with Crippen LogP contribution >= 0.6 is 0 Å². The molecule has 114 valence electrons. The topological polar surface area (TPSA) is 78.9 Å². The van der Waals surface area contributed by atoms with Gasteiger partial charge in [0.15, 0.2) is 0 Å². The number of hydrogen-bond acceptors (Lipinski definition) is 3. The molecule has 2 rings (SSSR count). The normalized spacial score (nSPS) is 13.5. The number of hydrogen-bond donors (Lipinski definition) is 2. The lowest BCUT2D eigenvalue weighted by atomic mass is 10.3. The smallest absolute Gasteiger partial charge is 0.317 e. The molecule has 0 aliphatic heterocycles. The van der Waals surface area contributed by atoms with Gasteiger partial charge in [-0.3, -0.25) is 4.79 Å². The Kier molecular flexibility index (Phi) is 5.43. The standard InChI is InChI=1S/C15H20N2O4/c18-14(19)8-10-17(12-6-7-12)15(20)16-9-11-21-13-4-2-1-3-5-13/h1-5,12H,6-11H2,(H,16,20)(H,18,19). The molecule has 0 spiro atoms. The number of rotatable bonds is 8. The summed E-state index contributed by atoms with van der Waals surface area (Å²) in [5.41, 5.74) is 0. The van der Waals surface area contributed by atoms with E-state index in [0.29, 0.717) is 13.2 Å². The van der Waals surface area contributed by atoms with Gasteiger partial charge in [0.1, 0.15) is 12.4 Å². The third-order valence-corrected chi connectivity index (χ3v) is 3.21. The zero-order valence-corrected chi connectivity index (χ0v) is 11.8. The van der Waals surface area contributed by atoms with E-state index in [1.807, 2.05) is 30.3 Å². The highest BCUT2D eigenvalue weighted by atomic mass is 16.5. The molecule has 0 atom stereocenters. The van der Waals surface area contributed by atoms with Crippen molar-refractivity contribution >= 4 is 12.0 Å². The maximum Gasteiger partial charge on any atom is 0.317 e. The number of carbonyl (C=O) groups is 2. The molecule has 6 nitrogen and oxygen atoms in total. The quantitative estimate of drug-likeness (QED) is 0.715. The number of amides is 2. The summed E-state index contributed by atoms with van der Waals surface area (Å²) in [6.45, 7) is 1.03. The largest absolute Gasteiger partial charge is 0.492 e. The number of nitrogens with one attached hydrogen (secondary N) is 1. The van der Waals surface area contributed by atoms with Crippen LogP contribution in [-0.2, 0) is 4.79 Å². The molecule has 1 aliphatic rings. The van der Waals surface area contributed by atoms with Crippen molar-refractivity contribution in [2.45, 2.75) is 25.3 Å². The van der Waals surface area contributed by atoms with Crippen LogP contribution in [-0.4, -0.2) is 47.7 Å². The molecular weight excluding hydrogens is 272 g/mol. The Balaban J connectivity index is 1.68. The van der Waals surface area contributed by atoms with E-state index in [4.69, 9.17) is 9.84 Å². The first-order valence-electron chi connectivity index (χ1n) is 7.11. The van der Waals surface area contributed by atoms with Gasteiger partial charge in [-0.15, -0.1) is 0 Å². The molecule has 1 saturated carbocycles. The van der Waals surface area contributed by atoms with Gasteiger partial charge in [-0.2, -0.15) is 0 Å². The molecule has 0 unspecified atom stereocenters. The van der Waals surface area contributed by atoms with E-state index in [1.165, 1.54) is 0 Å². The van der Waals surface area contributed by atoms with Crippen LogP contribution in [0.25, 0.3) is 0 Å². The first kappa shape index (κ1) is 15.2. The van der Waals surface area contributed by atoms with Crippen LogP contribution in [0.5, 0.6) is 5.75 Å². The number of benzene rings is 1. The van der Waals surface area contributed by atoms with Crippen molar-refractivity contribution in [3.63, 3.8) is 0 Å². The number of carbonyl (C=O) groups excluding carboxylic acids is 1. The molecule has 21 heavy (non-hydrogen) atoms. The van der Waals surface area contributed by atoms with E-state index in [2.05, 4.69) is 5.32 Å². The number of nitrogens with zero attached hydrogens (tertiary/aromatic N) is 1. The lowest BCUT2D eigenvalue weighted by Crippen LogP contribution is -2.43. The maximum absolute atomic E-state index is 12.0. The molecule has 6 heteroatoms. The molecule has 2 amide bonds. The highest BCUT2D eigenvalue weighted by molar-refractivity contribution is 5.76. The Morgan fingerprint density at radius 1 is 1.29 bits per heavy atom. The molecule has 0 bridgehead atoms. The van der Waals surface area contributed by atoms with E-state index in [0.717, 1.165) is 18.6 Å². The van der Waals surface area contributed by atoms with E-state index in [9.17, 15) is 9.59 Å². The van der Waals surface area contributed by atoms with Crippen LogP contribution in [0.2, 0.25) is 0 Å². The van der Waals surface area contributed by atoms with Crippen LogP contribution < -0.4 is 10.1 Å². The number of para-hydroxylation sites is 1. The zero-order chi connectivity index (χ0) is 15.1. The van der Waals surface area contributed by atoms with E-state index in [1.54, 1.807) is 4.90 Å². The molecule has 0 radical (unpaired) electrons. The second-order valence-corrected chi connectivity index (χ2v) is 4.96. The van der Waals surface area contributed by atoms with Crippen molar-refractivity contribution in [2.24, 2.45) is 0 Å². The summed E-state index contributed by atoms with van der Waals surface area (Å²) in [5, 5.41) is 11.5. The van der Waals surface area contributed by atoms with Crippen molar-refractivity contribution in [3.05, 3.63) is 30.3 Å².